The molecule has 1 atom stereocenters. The van der Waals surface area contributed by atoms with Gasteiger partial charge in [0.05, 0.1) is 0 Å². The molecule has 1 saturated heterocycles. The zero-order chi connectivity index (χ0) is 18.8. The average molecular weight is 360 g/mol. The molecule has 0 bridgehead atoms. The molecular weight excluding hydrogens is 322 g/mol. The third kappa shape index (κ3) is 3.60. The van der Waals surface area contributed by atoms with Crippen LogP contribution in [0, 0.1) is 0 Å². The summed E-state index contributed by atoms with van der Waals surface area (Å²) in [6.07, 6.45) is 11.4. The van der Waals surface area contributed by atoms with Gasteiger partial charge in [-0.15, -0.1) is 0 Å². The molecule has 3 rings (SSSR count). The minimum absolute atomic E-state index is 0.0804. The van der Waals surface area contributed by atoms with Crippen LogP contribution in [-0.2, 0) is 11.8 Å². The number of benzene rings is 1. The molecule has 3 nitrogen and oxygen atoms in total. The van der Waals surface area contributed by atoms with Crippen molar-refractivity contribution in [1.29, 1.82) is 0 Å². The minimum Gasteiger partial charge on any atom is -0.508 e. The lowest BCUT2D eigenvalue weighted by atomic mass is 9.76. The number of rotatable bonds is 8. The predicted molar refractivity (Wildman–Crippen MR) is 109 cm³/mol. The molecule has 2 N–H and O–H groups in total. The second-order valence-electron chi connectivity index (χ2n) is 9.14. The van der Waals surface area contributed by atoms with Gasteiger partial charge < -0.3 is 15.1 Å². The van der Waals surface area contributed by atoms with E-state index in [1.807, 2.05) is 6.07 Å². The largest absolute Gasteiger partial charge is 0.508 e. The van der Waals surface area contributed by atoms with Gasteiger partial charge in [0, 0.05) is 29.9 Å². The fraction of sp³-hybridized carbons (Fsp3) is 0.739. The summed E-state index contributed by atoms with van der Waals surface area (Å²) < 4.78 is 0. The minimum atomic E-state index is 0.0804. The van der Waals surface area contributed by atoms with Crippen LogP contribution in [-0.4, -0.2) is 28.9 Å². The Morgan fingerprint density at radius 2 is 1.96 bits per heavy atom. The van der Waals surface area contributed by atoms with Crippen molar-refractivity contribution in [2.24, 2.45) is 0 Å². The monoisotopic (exact) mass is 359 g/mol. The van der Waals surface area contributed by atoms with Crippen molar-refractivity contribution in [1.82, 2.24) is 0 Å². The van der Waals surface area contributed by atoms with E-state index in [2.05, 4.69) is 31.7 Å². The van der Waals surface area contributed by atoms with Crippen molar-refractivity contribution in [2.45, 2.75) is 95.9 Å². The Labute approximate surface area is 159 Å². The Balaban J connectivity index is 1.89. The number of aromatic hydroxyl groups is 1. The Kier molecular flexibility index (Phi) is 5.86. The van der Waals surface area contributed by atoms with E-state index in [0.717, 1.165) is 37.8 Å². The zero-order valence-electron chi connectivity index (χ0n) is 17.0. The van der Waals surface area contributed by atoms with Crippen LogP contribution in [0.2, 0.25) is 0 Å². The topological polar surface area (TPSA) is 43.7 Å². The number of phenolic OH excluding ortho intramolecular Hbond substituents is 1. The number of hydrogen-bond donors (Lipinski definition) is 2. The maximum absolute atomic E-state index is 10.8. The molecule has 2 aliphatic rings. The molecule has 3 heteroatoms. The summed E-state index contributed by atoms with van der Waals surface area (Å²) >= 11 is 0. The first-order chi connectivity index (χ1) is 12.4. The Bertz CT molecular complexity index is 625. The molecule has 1 unspecified atom stereocenters. The number of anilines is 1. The van der Waals surface area contributed by atoms with Gasteiger partial charge in [-0.05, 0) is 61.6 Å². The number of aliphatic hydroxyl groups excluding tert-OH is 1. The van der Waals surface area contributed by atoms with E-state index in [0.29, 0.717) is 5.75 Å². The van der Waals surface area contributed by atoms with E-state index in [1.165, 1.54) is 49.8 Å². The van der Waals surface area contributed by atoms with Gasteiger partial charge in [-0.3, -0.25) is 0 Å². The highest BCUT2D eigenvalue weighted by Gasteiger charge is 2.44. The second kappa shape index (κ2) is 7.80. The number of aliphatic hydroxyl groups is 1. The van der Waals surface area contributed by atoms with E-state index >= 15 is 0 Å². The maximum atomic E-state index is 10.8. The maximum Gasteiger partial charge on any atom is 0.121 e. The number of fused-ring (bicyclic) bond motifs is 3. The van der Waals surface area contributed by atoms with Crippen molar-refractivity contribution in [3.05, 3.63) is 23.3 Å². The molecule has 1 aromatic carbocycles. The van der Waals surface area contributed by atoms with Gasteiger partial charge in [0.2, 0.25) is 0 Å². The van der Waals surface area contributed by atoms with E-state index < -0.39 is 0 Å². The molecule has 0 radical (unpaired) electrons. The van der Waals surface area contributed by atoms with Crippen LogP contribution in [0.5, 0.6) is 5.75 Å². The normalized spacial score (nSPS) is 22.4. The molecule has 26 heavy (non-hydrogen) atoms. The summed E-state index contributed by atoms with van der Waals surface area (Å²) in [6, 6.07) is 4.37. The van der Waals surface area contributed by atoms with Gasteiger partial charge in [0.1, 0.15) is 5.75 Å². The Morgan fingerprint density at radius 1 is 1.15 bits per heavy atom. The fourth-order valence-corrected chi connectivity index (χ4v) is 5.19. The molecule has 0 amide bonds. The number of phenols is 1. The number of nitrogens with zero attached hydrogens (tertiary/aromatic N) is 1. The average Bonchev–Trinajstić information content (AvgIpc) is 3.03. The third-order valence-corrected chi connectivity index (χ3v) is 6.94. The zero-order valence-corrected chi connectivity index (χ0v) is 17.0. The molecule has 2 heterocycles. The van der Waals surface area contributed by atoms with Gasteiger partial charge in [-0.2, -0.15) is 0 Å². The lowest BCUT2D eigenvalue weighted by Crippen LogP contribution is -2.48. The van der Waals surface area contributed by atoms with Gasteiger partial charge in [-0.1, -0.05) is 46.5 Å². The van der Waals surface area contributed by atoms with Gasteiger partial charge >= 0.3 is 0 Å². The first kappa shape index (κ1) is 19.5. The molecule has 0 saturated carbocycles. The summed E-state index contributed by atoms with van der Waals surface area (Å²) in [5.41, 5.74) is 3.80. The van der Waals surface area contributed by atoms with Crippen LogP contribution in [0.25, 0.3) is 0 Å². The number of hydrogen-bond acceptors (Lipinski definition) is 3. The lowest BCUT2D eigenvalue weighted by Gasteiger charge is -2.45. The van der Waals surface area contributed by atoms with Crippen molar-refractivity contribution in [3.8, 4) is 5.75 Å². The molecule has 1 fully saturated rings. The van der Waals surface area contributed by atoms with E-state index in [-0.39, 0.29) is 17.6 Å². The first-order valence-electron chi connectivity index (χ1n) is 10.7. The molecular formula is C23H37NO2. The standard InChI is InChI=1S/C23H37NO2/c1-4-5-6-7-10-22(2,3)18-16-20-19(21(26)17-18)9-12-23(13-15-25)11-8-14-24(20)23/h16-17,25-26H,4-15H2,1-3H3. The van der Waals surface area contributed by atoms with Crippen molar-refractivity contribution < 1.29 is 10.2 Å². The van der Waals surface area contributed by atoms with Gasteiger partial charge in [0.25, 0.3) is 0 Å². The highest BCUT2D eigenvalue weighted by Crippen LogP contribution is 2.49. The summed E-state index contributed by atoms with van der Waals surface area (Å²) in [5.74, 6) is 0.476. The smallest absolute Gasteiger partial charge is 0.121 e. The third-order valence-electron chi connectivity index (χ3n) is 6.94. The van der Waals surface area contributed by atoms with E-state index in [1.54, 1.807) is 0 Å². The Hall–Kier alpha value is -1.22. The molecule has 0 aromatic heterocycles. The summed E-state index contributed by atoms with van der Waals surface area (Å²) in [7, 11) is 0. The molecule has 146 valence electrons. The molecule has 0 spiro atoms. The van der Waals surface area contributed by atoms with Crippen molar-refractivity contribution in [2.75, 3.05) is 18.1 Å². The predicted octanol–water partition coefficient (Wildman–Crippen LogP) is 5.31. The Morgan fingerprint density at radius 3 is 2.69 bits per heavy atom. The fourth-order valence-electron chi connectivity index (χ4n) is 5.19. The SMILES string of the molecule is CCCCCCC(C)(C)c1cc(O)c2c(c1)N1CCCC1(CCO)CC2. The van der Waals surface area contributed by atoms with Crippen LogP contribution in [0.1, 0.15) is 89.7 Å². The molecule has 1 aromatic rings. The van der Waals surface area contributed by atoms with E-state index in [4.69, 9.17) is 0 Å². The molecule has 0 aliphatic carbocycles. The van der Waals surface area contributed by atoms with Crippen LogP contribution >= 0.6 is 0 Å². The van der Waals surface area contributed by atoms with E-state index in [9.17, 15) is 10.2 Å². The van der Waals surface area contributed by atoms with Crippen LogP contribution in [0.3, 0.4) is 0 Å². The summed E-state index contributed by atoms with van der Waals surface area (Å²) in [4.78, 5) is 2.51. The van der Waals surface area contributed by atoms with Crippen LogP contribution < -0.4 is 4.90 Å². The summed E-state index contributed by atoms with van der Waals surface area (Å²) in [6.45, 7) is 8.18. The van der Waals surface area contributed by atoms with Crippen molar-refractivity contribution >= 4 is 5.69 Å². The van der Waals surface area contributed by atoms with Gasteiger partial charge in [-0.25, -0.2) is 0 Å². The molecule has 2 aliphatic heterocycles. The van der Waals surface area contributed by atoms with Gasteiger partial charge in [0.15, 0.2) is 0 Å². The van der Waals surface area contributed by atoms with Crippen LogP contribution in [0.15, 0.2) is 12.1 Å². The van der Waals surface area contributed by atoms with Crippen LogP contribution in [0.4, 0.5) is 5.69 Å². The number of unbranched alkanes of at least 4 members (excludes halogenated alkanes) is 3. The lowest BCUT2D eigenvalue weighted by molar-refractivity contribution is 0.227. The highest BCUT2D eigenvalue weighted by molar-refractivity contribution is 5.66. The summed E-state index contributed by atoms with van der Waals surface area (Å²) in [5, 5.41) is 20.4. The highest BCUT2D eigenvalue weighted by atomic mass is 16.3. The second-order valence-corrected chi connectivity index (χ2v) is 9.14. The van der Waals surface area contributed by atoms with Crippen molar-refractivity contribution in [3.63, 3.8) is 0 Å². The first-order valence-corrected chi connectivity index (χ1v) is 10.7. The quantitative estimate of drug-likeness (QED) is 0.618.